The Morgan fingerprint density at radius 3 is 2.40 bits per heavy atom. The molecule has 0 aromatic heterocycles. The molecule has 136 valence electrons. The molecular weight excluding hydrogens is 408 g/mol. The van der Waals surface area contributed by atoms with Crippen LogP contribution in [0, 0.1) is 0 Å². The minimum absolute atomic E-state index is 0.0818. The molecular formula is C17H21BrN2O4S. The number of hydrogen-bond acceptors (Lipinski definition) is 5. The van der Waals surface area contributed by atoms with Crippen LogP contribution in [0.2, 0.25) is 0 Å². The lowest BCUT2D eigenvalue weighted by Crippen LogP contribution is -2.12. The molecule has 8 heteroatoms. The highest BCUT2D eigenvalue weighted by molar-refractivity contribution is 9.10. The second-order valence-electron chi connectivity index (χ2n) is 5.37. The lowest BCUT2D eigenvalue weighted by atomic mass is 10.2. The summed E-state index contributed by atoms with van der Waals surface area (Å²) in [6.07, 6.45) is 0.915. The summed E-state index contributed by atoms with van der Waals surface area (Å²) in [7, 11) is -2.08. The van der Waals surface area contributed by atoms with E-state index >= 15 is 0 Å². The molecule has 0 aliphatic rings. The van der Waals surface area contributed by atoms with Gasteiger partial charge in [0, 0.05) is 16.7 Å². The number of rotatable bonds is 8. The molecule has 0 saturated heterocycles. The number of nitrogens with two attached hydrogens (primary N) is 1. The van der Waals surface area contributed by atoms with Gasteiger partial charge in [0.05, 0.1) is 18.6 Å². The predicted octanol–water partition coefficient (Wildman–Crippen LogP) is 3.51. The van der Waals surface area contributed by atoms with Gasteiger partial charge in [0.2, 0.25) is 10.0 Å². The third-order valence-corrected chi connectivity index (χ3v) is 5.13. The molecule has 0 bridgehead atoms. The van der Waals surface area contributed by atoms with Gasteiger partial charge in [0.25, 0.3) is 0 Å². The molecule has 2 aromatic rings. The normalized spacial score (nSPS) is 11.2. The molecule has 25 heavy (non-hydrogen) atoms. The Balaban J connectivity index is 2.12. The van der Waals surface area contributed by atoms with Crippen LogP contribution < -0.4 is 19.9 Å². The van der Waals surface area contributed by atoms with Crippen molar-refractivity contribution < 1.29 is 17.9 Å². The molecule has 6 nitrogen and oxygen atoms in total. The molecule has 0 atom stereocenters. The largest absolute Gasteiger partial charge is 0.493 e. The Hall–Kier alpha value is -1.77. The van der Waals surface area contributed by atoms with Crippen LogP contribution in [0.15, 0.2) is 45.8 Å². The zero-order valence-electron chi connectivity index (χ0n) is 14.1. The van der Waals surface area contributed by atoms with Crippen LogP contribution in [0.5, 0.6) is 11.5 Å². The van der Waals surface area contributed by atoms with Crippen LogP contribution in [-0.2, 0) is 16.6 Å². The molecule has 0 aliphatic heterocycles. The van der Waals surface area contributed by atoms with Gasteiger partial charge in [0.15, 0.2) is 11.5 Å². The first-order valence-electron chi connectivity index (χ1n) is 7.71. The van der Waals surface area contributed by atoms with Crippen molar-refractivity contribution in [3.8, 4) is 11.5 Å². The number of nitrogens with one attached hydrogen (secondary N) is 1. The highest BCUT2D eigenvalue weighted by Crippen LogP contribution is 2.34. The van der Waals surface area contributed by atoms with E-state index < -0.39 is 10.0 Å². The summed E-state index contributed by atoms with van der Waals surface area (Å²) in [4.78, 5) is 0.0818. The maximum atomic E-state index is 11.3. The molecule has 2 rings (SSSR count). The van der Waals surface area contributed by atoms with E-state index in [1.54, 1.807) is 19.2 Å². The van der Waals surface area contributed by atoms with E-state index in [2.05, 4.69) is 21.2 Å². The van der Waals surface area contributed by atoms with Gasteiger partial charge in [0.1, 0.15) is 0 Å². The molecule has 0 radical (unpaired) electrons. The van der Waals surface area contributed by atoms with Gasteiger partial charge in [-0.2, -0.15) is 0 Å². The first kappa shape index (κ1) is 19.6. The second kappa shape index (κ2) is 8.55. The second-order valence-corrected chi connectivity index (χ2v) is 7.78. The van der Waals surface area contributed by atoms with Gasteiger partial charge in [-0.1, -0.05) is 22.9 Å². The van der Waals surface area contributed by atoms with Crippen molar-refractivity contribution in [2.75, 3.05) is 19.0 Å². The van der Waals surface area contributed by atoms with E-state index in [0.29, 0.717) is 24.7 Å². The van der Waals surface area contributed by atoms with E-state index in [0.717, 1.165) is 22.1 Å². The number of benzene rings is 2. The number of methoxy groups -OCH3 is 1. The van der Waals surface area contributed by atoms with Crippen LogP contribution in [0.4, 0.5) is 5.69 Å². The third kappa shape index (κ3) is 5.35. The van der Waals surface area contributed by atoms with E-state index in [9.17, 15) is 8.42 Å². The topological polar surface area (TPSA) is 90.6 Å². The molecule has 0 unspecified atom stereocenters. The number of sulfonamides is 1. The van der Waals surface area contributed by atoms with Gasteiger partial charge < -0.3 is 14.8 Å². The molecule has 0 heterocycles. The first-order valence-corrected chi connectivity index (χ1v) is 10.0. The smallest absolute Gasteiger partial charge is 0.238 e. The maximum absolute atomic E-state index is 11.3. The van der Waals surface area contributed by atoms with Gasteiger partial charge in [-0.25, -0.2) is 13.6 Å². The Morgan fingerprint density at radius 2 is 1.84 bits per heavy atom. The summed E-state index contributed by atoms with van der Waals surface area (Å²) in [5.74, 6) is 1.36. The lowest BCUT2D eigenvalue weighted by molar-refractivity contribution is 0.294. The van der Waals surface area contributed by atoms with Gasteiger partial charge in [-0.3, -0.25) is 0 Å². The Bertz CT molecular complexity index is 823. The van der Waals surface area contributed by atoms with Gasteiger partial charge in [-0.15, -0.1) is 0 Å². The molecule has 0 spiro atoms. The first-order chi connectivity index (χ1) is 11.8. The third-order valence-electron chi connectivity index (χ3n) is 3.46. The standard InChI is InChI=1S/C17H21BrN2O4S/c1-3-8-24-17-10-15(18)12(9-16(17)23-2)11-20-13-4-6-14(7-5-13)25(19,21)22/h4-7,9-10,20H,3,8,11H2,1-2H3,(H2,19,21,22). The summed E-state index contributed by atoms with van der Waals surface area (Å²) in [5, 5.41) is 8.32. The zero-order valence-corrected chi connectivity index (χ0v) is 16.5. The Labute approximate surface area is 156 Å². The average Bonchev–Trinajstić information content (AvgIpc) is 2.58. The van der Waals surface area contributed by atoms with Crippen molar-refractivity contribution in [2.45, 2.75) is 24.8 Å². The summed E-state index contributed by atoms with van der Waals surface area (Å²) in [6.45, 7) is 3.19. The van der Waals surface area contributed by atoms with Crippen LogP contribution in [0.3, 0.4) is 0 Å². The average molecular weight is 429 g/mol. The zero-order chi connectivity index (χ0) is 18.4. The van der Waals surface area contributed by atoms with Crippen molar-refractivity contribution >= 4 is 31.6 Å². The van der Waals surface area contributed by atoms with E-state index in [1.807, 2.05) is 19.1 Å². The summed E-state index contributed by atoms with van der Waals surface area (Å²) in [6, 6.07) is 10.1. The molecule has 2 aromatic carbocycles. The lowest BCUT2D eigenvalue weighted by Gasteiger charge is -2.14. The minimum atomic E-state index is -3.68. The number of hydrogen-bond donors (Lipinski definition) is 2. The fourth-order valence-corrected chi connectivity index (χ4v) is 3.13. The monoisotopic (exact) mass is 428 g/mol. The Morgan fingerprint density at radius 1 is 1.16 bits per heavy atom. The van der Waals surface area contributed by atoms with Gasteiger partial charge in [-0.05, 0) is 48.4 Å². The molecule has 0 fully saturated rings. The SMILES string of the molecule is CCCOc1cc(Br)c(CNc2ccc(S(N)(=O)=O)cc2)cc1OC. The maximum Gasteiger partial charge on any atom is 0.238 e. The van der Waals surface area contributed by atoms with Crippen molar-refractivity contribution in [1.82, 2.24) is 0 Å². The van der Waals surface area contributed by atoms with Crippen molar-refractivity contribution in [1.29, 1.82) is 0 Å². The minimum Gasteiger partial charge on any atom is -0.493 e. The Kier molecular flexibility index (Phi) is 6.69. The molecule has 0 aliphatic carbocycles. The quantitative estimate of drug-likeness (QED) is 0.670. The number of anilines is 1. The van der Waals surface area contributed by atoms with E-state index in [4.69, 9.17) is 14.6 Å². The van der Waals surface area contributed by atoms with Crippen LogP contribution in [0.25, 0.3) is 0 Å². The summed E-state index contributed by atoms with van der Waals surface area (Å²) >= 11 is 3.54. The number of primary sulfonamides is 1. The summed E-state index contributed by atoms with van der Waals surface area (Å²) < 4.78 is 34.5. The van der Waals surface area contributed by atoms with E-state index in [-0.39, 0.29) is 4.90 Å². The van der Waals surface area contributed by atoms with Crippen molar-refractivity contribution in [3.63, 3.8) is 0 Å². The fraction of sp³-hybridized carbons (Fsp3) is 0.294. The molecule has 0 saturated carbocycles. The summed E-state index contributed by atoms with van der Waals surface area (Å²) in [5.41, 5.74) is 1.76. The predicted molar refractivity (Wildman–Crippen MR) is 102 cm³/mol. The van der Waals surface area contributed by atoms with Crippen LogP contribution in [0.1, 0.15) is 18.9 Å². The fourth-order valence-electron chi connectivity index (χ4n) is 2.16. The van der Waals surface area contributed by atoms with Crippen LogP contribution in [-0.4, -0.2) is 22.1 Å². The van der Waals surface area contributed by atoms with Crippen LogP contribution >= 0.6 is 15.9 Å². The molecule has 3 N–H and O–H groups in total. The van der Waals surface area contributed by atoms with Crippen molar-refractivity contribution in [3.05, 3.63) is 46.4 Å². The highest BCUT2D eigenvalue weighted by Gasteiger charge is 2.11. The highest BCUT2D eigenvalue weighted by atomic mass is 79.9. The molecule has 0 amide bonds. The number of ether oxygens (including phenoxy) is 2. The number of halogens is 1. The van der Waals surface area contributed by atoms with Crippen molar-refractivity contribution in [2.24, 2.45) is 5.14 Å². The van der Waals surface area contributed by atoms with Gasteiger partial charge >= 0.3 is 0 Å². The van der Waals surface area contributed by atoms with E-state index in [1.165, 1.54) is 12.1 Å².